The highest BCUT2D eigenvalue weighted by atomic mass is 32.2. The summed E-state index contributed by atoms with van der Waals surface area (Å²) in [4.78, 5) is 58.6. The number of likely N-dealkylation sites (tertiary alicyclic amines) is 1. The molecule has 57 heavy (non-hydrogen) atoms. The van der Waals surface area contributed by atoms with E-state index in [1.54, 1.807) is 40.9 Å². The molecule has 312 valence electrons. The number of carbonyl (C=O) groups is 4. The zero-order valence-electron chi connectivity index (χ0n) is 33.8. The second-order valence-corrected chi connectivity index (χ2v) is 19.3. The molecule has 4 amide bonds. The molecule has 1 aromatic carbocycles. The standard InChI is InChI=1S/C41H57N5O10S/c1-24-32(53-6)17-16-28-33(22-34(44-35(24)28)55-26-14-15-26)54-27-21-31(36(42)47)46(23-27)38(49)30(43-39(50)56-40(2,3)4)13-11-9-7-8-10-12-25-20-29(25)37(48)45-57(51,52)41(5)18-19-41/h10,12,16-17,22,25-27,29-31H,7-9,11,13-15,18-21,23H2,1-6H3,(H2,42,47)(H,43,50)(H,45,48). The van der Waals surface area contributed by atoms with Gasteiger partial charge in [-0.25, -0.2) is 18.2 Å². The Morgan fingerprint density at radius 3 is 2.44 bits per heavy atom. The third-order valence-corrected chi connectivity index (χ3v) is 13.2. The van der Waals surface area contributed by atoms with Gasteiger partial charge in [-0.15, -0.1) is 0 Å². The highest BCUT2D eigenvalue weighted by molar-refractivity contribution is 7.91. The van der Waals surface area contributed by atoms with E-state index in [1.165, 1.54) is 4.90 Å². The number of aromatic nitrogens is 1. The van der Waals surface area contributed by atoms with Crippen molar-refractivity contribution in [2.24, 2.45) is 17.6 Å². The zero-order valence-corrected chi connectivity index (χ0v) is 34.6. The molecule has 4 aliphatic rings. The van der Waals surface area contributed by atoms with Gasteiger partial charge in [-0.3, -0.25) is 19.1 Å². The van der Waals surface area contributed by atoms with Gasteiger partial charge in [0.1, 0.15) is 41.4 Å². The van der Waals surface area contributed by atoms with Gasteiger partial charge >= 0.3 is 6.09 Å². The number of aryl methyl sites for hydroxylation is 1. The number of benzene rings is 1. The molecule has 15 nitrogen and oxygen atoms in total. The SMILES string of the molecule is COc1ccc2c(OC3CC(C(N)=O)N(C(=O)C(CCCCCC=CC4CC4C(=O)NS(=O)(=O)C4(C)CC4)NC(=O)OC(C)(C)C)C3)cc(OC3CC3)nc2c1C. The van der Waals surface area contributed by atoms with Crippen LogP contribution in [0.15, 0.2) is 30.4 Å². The number of nitrogens with one attached hydrogen (secondary N) is 2. The summed E-state index contributed by atoms with van der Waals surface area (Å²) >= 11 is 0. The van der Waals surface area contributed by atoms with E-state index < -0.39 is 62.4 Å². The third kappa shape index (κ3) is 10.5. The summed E-state index contributed by atoms with van der Waals surface area (Å²) in [6, 6.07) is 3.49. The van der Waals surface area contributed by atoms with Gasteiger partial charge in [-0.1, -0.05) is 25.0 Å². The highest BCUT2D eigenvalue weighted by Crippen LogP contribution is 2.44. The second-order valence-electron chi connectivity index (χ2n) is 17.1. The van der Waals surface area contributed by atoms with Crippen LogP contribution in [0.1, 0.15) is 104 Å². The lowest BCUT2D eigenvalue weighted by Gasteiger charge is -2.28. The van der Waals surface area contributed by atoms with Crippen molar-refractivity contribution in [3.05, 3.63) is 35.9 Å². The summed E-state index contributed by atoms with van der Waals surface area (Å²) in [5, 5.41) is 3.47. The molecule has 5 atom stereocenters. The van der Waals surface area contributed by atoms with Crippen LogP contribution in [-0.4, -0.2) is 90.4 Å². The van der Waals surface area contributed by atoms with Crippen molar-refractivity contribution in [2.75, 3.05) is 13.7 Å². The van der Waals surface area contributed by atoms with Crippen LogP contribution in [-0.2, 0) is 29.1 Å². The number of fused-ring (bicyclic) bond motifs is 1. The fourth-order valence-electron chi connectivity index (χ4n) is 7.14. The molecule has 4 fully saturated rings. The van der Waals surface area contributed by atoms with E-state index in [4.69, 9.17) is 29.7 Å². The summed E-state index contributed by atoms with van der Waals surface area (Å²) in [7, 11) is -2.05. The summed E-state index contributed by atoms with van der Waals surface area (Å²) in [5.41, 5.74) is 6.54. The van der Waals surface area contributed by atoms with Crippen LogP contribution in [0.4, 0.5) is 4.79 Å². The Labute approximate surface area is 334 Å². The summed E-state index contributed by atoms with van der Waals surface area (Å²) in [6.07, 6.45) is 9.68. The van der Waals surface area contributed by atoms with Crippen molar-refractivity contribution in [1.82, 2.24) is 19.9 Å². The number of carbonyl (C=O) groups excluding carboxylic acids is 4. The van der Waals surface area contributed by atoms with Crippen LogP contribution in [0, 0.1) is 18.8 Å². The zero-order chi connectivity index (χ0) is 41.3. The van der Waals surface area contributed by atoms with Gasteiger partial charge in [-0.2, -0.15) is 0 Å². The first-order chi connectivity index (χ1) is 26.9. The number of unbranched alkanes of at least 4 members (excludes halogenated alkanes) is 3. The third-order valence-electron chi connectivity index (χ3n) is 11.1. The molecule has 5 unspecified atom stereocenters. The van der Waals surface area contributed by atoms with Crippen LogP contribution >= 0.6 is 0 Å². The van der Waals surface area contributed by atoms with E-state index in [-0.39, 0.29) is 30.9 Å². The van der Waals surface area contributed by atoms with Crippen molar-refractivity contribution in [2.45, 2.75) is 140 Å². The fraction of sp³-hybridized carbons (Fsp3) is 0.634. The maximum atomic E-state index is 14.2. The Morgan fingerprint density at radius 1 is 1.05 bits per heavy atom. The smallest absolute Gasteiger partial charge is 0.408 e. The average molecular weight is 812 g/mol. The van der Waals surface area contributed by atoms with E-state index >= 15 is 0 Å². The number of alkyl carbamates (subject to hydrolysis) is 1. The minimum Gasteiger partial charge on any atom is -0.496 e. The minimum absolute atomic E-state index is 0.0155. The minimum atomic E-state index is -3.65. The number of methoxy groups -OCH3 is 1. The van der Waals surface area contributed by atoms with E-state index in [1.807, 2.05) is 31.2 Å². The monoisotopic (exact) mass is 811 g/mol. The Balaban J connectivity index is 1.07. The molecule has 0 radical (unpaired) electrons. The van der Waals surface area contributed by atoms with Crippen molar-refractivity contribution in [3.8, 4) is 17.4 Å². The van der Waals surface area contributed by atoms with Gasteiger partial charge in [0.2, 0.25) is 33.6 Å². The predicted molar refractivity (Wildman–Crippen MR) is 212 cm³/mol. The van der Waals surface area contributed by atoms with E-state index in [2.05, 4.69) is 10.0 Å². The van der Waals surface area contributed by atoms with Crippen molar-refractivity contribution >= 4 is 44.7 Å². The summed E-state index contributed by atoms with van der Waals surface area (Å²) in [5.74, 6) is -0.298. The molecular weight excluding hydrogens is 755 g/mol. The number of primary amides is 1. The Kier molecular flexibility index (Phi) is 12.3. The largest absolute Gasteiger partial charge is 0.496 e. The number of hydrogen-bond acceptors (Lipinski definition) is 11. The van der Waals surface area contributed by atoms with Gasteiger partial charge in [0.25, 0.3) is 0 Å². The van der Waals surface area contributed by atoms with Crippen LogP contribution in [0.3, 0.4) is 0 Å². The number of pyridine rings is 1. The molecule has 0 spiro atoms. The van der Waals surface area contributed by atoms with Crippen LogP contribution in [0.2, 0.25) is 0 Å². The number of nitrogens with zero attached hydrogens (tertiary/aromatic N) is 2. The maximum Gasteiger partial charge on any atom is 0.408 e. The van der Waals surface area contributed by atoms with E-state index in [9.17, 15) is 27.6 Å². The van der Waals surface area contributed by atoms with Crippen LogP contribution in [0.5, 0.6) is 17.4 Å². The lowest BCUT2D eigenvalue weighted by molar-refractivity contribution is -0.139. The number of allylic oxidation sites excluding steroid dienone is 2. The highest BCUT2D eigenvalue weighted by Gasteiger charge is 2.52. The number of hydrogen-bond donors (Lipinski definition) is 3. The number of sulfonamides is 1. The van der Waals surface area contributed by atoms with Crippen molar-refractivity contribution < 1.29 is 46.5 Å². The van der Waals surface area contributed by atoms with Gasteiger partial charge in [0, 0.05) is 29.4 Å². The van der Waals surface area contributed by atoms with Crippen molar-refractivity contribution in [1.29, 1.82) is 0 Å². The quantitative estimate of drug-likeness (QED) is 0.136. The summed E-state index contributed by atoms with van der Waals surface area (Å²) in [6.45, 7) is 8.82. The van der Waals surface area contributed by atoms with E-state index in [0.29, 0.717) is 55.0 Å². The van der Waals surface area contributed by atoms with Crippen LogP contribution < -0.4 is 30.0 Å². The molecule has 0 bridgehead atoms. The normalized spacial score (nSPS) is 23.2. The Morgan fingerprint density at radius 2 is 1.79 bits per heavy atom. The van der Waals surface area contributed by atoms with Crippen LogP contribution in [0.25, 0.3) is 10.9 Å². The molecule has 16 heteroatoms. The molecule has 1 aliphatic heterocycles. The molecular formula is C41H57N5O10S. The number of ether oxygens (including phenoxy) is 4. The molecule has 6 rings (SSSR count). The second kappa shape index (κ2) is 16.7. The number of nitrogens with two attached hydrogens (primary N) is 1. The number of amides is 4. The maximum absolute atomic E-state index is 14.2. The summed E-state index contributed by atoms with van der Waals surface area (Å²) < 4.78 is 49.8. The van der Waals surface area contributed by atoms with E-state index in [0.717, 1.165) is 43.1 Å². The molecule has 1 saturated heterocycles. The average Bonchev–Trinajstić information content (AvgIpc) is 4.06. The lowest BCUT2D eigenvalue weighted by Crippen LogP contribution is -2.53. The first-order valence-corrected chi connectivity index (χ1v) is 21.5. The van der Waals surface area contributed by atoms with Gasteiger partial charge in [-0.05, 0) is 104 Å². The van der Waals surface area contributed by atoms with Gasteiger partial charge in [0.05, 0.1) is 23.9 Å². The first-order valence-electron chi connectivity index (χ1n) is 20.0. The predicted octanol–water partition coefficient (Wildman–Crippen LogP) is 4.96. The van der Waals surface area contributed by atoms with Crippen molar-refractivity contribution in [3.63, 3.8) is 0 Å². The Bertz CT molecular complexity index is 2010. The molecule has 1 aromatic heterocycles. The molecule has 3 saturated carbocycles. The fourth-order valence-corrected chi connectivity index (χ4v) is 8.44. The first kappa shape index (κ1) is 42.0. The van der Waals surface area contributed by atoms with Gasteiger partial charge < -0.3 is 34.9 Å². The molecule has 3 aliphatic carbocycles. The Hall–Kier alpha value is -4.60. The molecule has 2 heterocycles. The molecule has 4 N–H and O–H groups in total. The lowest BCUT2D eigenvalue weighted by atomic mass is 10.0. The topological polar surface area (TPSA) is 206 Å². The number of rotatable bonds is 18. The molecule has 2 aromatic rings. The van der Waals surface area contributed by atoms with Gasteiger partial charge in [0.15, 0.2) is 0 Å².